The van der Waals surface area contributed by atoms with Crippen LogP contribution in [0.4, 0.5) is 5.88 Å². The van der Waals surface area contributed by atoms with E-state index in [1.807, 2.05) is 42.5 Å². The maximum Gasteiger partial charge on any atom is 0.233 e. The first-order valence-corrected chi connectivity index (χ1v) is 8.52. The number of nitrogens with one attached hydrogen (secondary N) is 2. The Kier molecular flexibility index (Phi) is 5.32. The van der Waals surface area contributed by atoms with Crippen LogP contribution in [-0.4, -0.2) is 18.2 Å². The zero-order valence-corrected chi connectivity index (χ0v) is 14.5. The summed E-state index contributed by atoms with van der Waals surface area (Å²) in [5, 5.41) is 17.9. The van der Waals surface area contributed by atoms with Crippen LogP contribution in [0.1, 0.15) is 26.0 Å². The molecule has 2 N–H and O–H groups in total. The molecule has 0 amide bonds. The van der Waals surface area contributed by atoms with Crippen molar-refractivity contribution in [3.63, 3.8) is 0 Å². The number of hydrogen-bond donors (Lipinski definition) is 2. The molecule has 2 aromatic carbocycles. The topological polar surface area (TPSA) is 73.9 Å². The van der Waals surface area contributed by atoms with Crippen LogP contribution in [0, 0.1) is 17.2 Å². The van der Waals surface area contributed by atoms with Crippen molar-refractivity contribution in [2.75, 3.05) is 18.5 Å². The average Bonchev–Trinajstić information content (AvgIpc) is 3.03. The number of nitrogens with zero attached hydrogens (tertiary/aromatic N) is 2. The second-order valence-electron chi connectivity index (χ2n) is 6.37. The van der Waals surface area contributed by atoms with Crippen LogP contribution >= 0.6 is 0 Å². The second kappa shape index (κ2) is 7.82. The standard InChI is InChI=1S/C20H22N4O/c1-14(2)10-11-22-13-23-20-18(12-21)24-19(25-20)17-9-5-7-15-6-3-4-8-16(15)17/h3-9,14,22-23H,10-11,13H2,1-2H3. The summed E-state index contributed by atoms with van der Waals surface area (Å²) < 4.78 is 5.84. The molecule has 5 heteroatoms. The molecule has 3 aromatic rings. The first kappa shape index (κ1) is 17.0. The van der Waals surface area contributed by atoms with E-state index in [1.165, 1.54) is 0 Å². The lowest BCUT2D eigenvalue weighted by atomic mass is 10.0. The van der Waals surface area contributed by atoms with Gasteiger partial charge in [-0.15, -0.1) is 0 Å². The Hall–Kier alpha value is -2.84. The molecule has 5 nitrogen and oxygen atoms in total. The summed E-state index contributed by atoms with van der Waals surface area (Å²) in [5.41, 5.74) is 1.16. The van der Waals surface area contributed by atoms with Gasteiger partial charge in [-0.25, -0.2) is 0 Å². The third kappa shape index (κ3) is 3.98. The van der Waals surface area contributed by atoms with Gasteiger partial charge in [0.15, 0.2) is 0 Å². The van der Waals surface area contributed by atoms with Crippen molar-refractivity contribution in [2.24, 2.45) is 5.92 Å². The van der Waals surface area contributed by atoms with Crippen LogP contribution in [-0.2, 0) is 0 Å². The van der Waals surface area contributed by atoms with Gasteiger partial charge in [0.2, 0.25) is 17.5 Å². The van der Waals surface area contributed by atoms with E-state index in [0.717, 1.165) is 29.3 Å². The van der Waals surface area contributed by atoms with Crippen molar-refractivity contribution in [3.8, 4) is 17.5 Å². The van der Waals surface area contributed by atoms with Gasteiger partial charge in [0.1, 0.15) is 6.07 Å². The highest BCUT2D eigenvalue weighted by Gasteiger charge is 2.15. The van der Waals surface area contributed by atoms with Gasteiger partial charge in [0.05, 0.1) is 6.67 Å². The van der Waals surface area contributed by atoms with Crippen LogP contribution in [0.25, 0.3) is 22.2 Å². The molecule has 0 aliphatic carbocycles. The minimum absolute atomic E-state index is 0.272. The molecular formula is C20H22N4O. The Balaban J connectivity index is 1.79. The highest BCUT2D eigenvalue weighted by Crippen LogP contribution is 2.30. The Bertz CT molecular complexity index is 887. The number of aromatic nitrogens is 1. The first-order valence-electron chi connectivity index (χ1n) is 8.52. The fourth-order valence-corrected chi connectivity index (χ4v) is 2.66. The van der Waals surface area contributed by atoms with Crippen molar-refractivity contribution < 1.29 is 4.42 Å². The van der Waals surface area contributed by atoms with E-state index in [4.69, 9.17) is 4.42 Å². The fraction of sp³-hybridized carbons (Fsp3) is 0.300. The molecule has 0 atom stereocenters. The van der Waals surface area contributed by atoms with Crippen molar-refractivity contribution in [1.82, 2.24) is 10.3 Å². The molecule has 0 saturated carbocycles. The van der Waals surface area contributed by atoms with Gasteiger partial charge in [-0.3, -0.25) is 5.32 Å². The molecule has 0 aliphatic heterocycles. The molecule has 128 valence electrons. The van der Waals surface area contributed by atoms with Gasteiger partial charge in [0.25, 0.3) is 0 Å². The zero-order chi connectivity index (χ0) is 17.6. The van der Waals surface area contributed by atoms with Crippen LogP contribution in [0.3, 0.4) is 0 Å². The maximum atomic E-state index is 9.33. The number of oxazole rings is 1. The van der Waals surface area contributed by atoms with Gasteiger partial charge in [-0.2, -0.15) is 10.2 Å². The van der Waals surface area contributed by atoms with Crippen LogP contribution in [0.2, 0.25) is 0 Å². The lowest BCUT2D eigenvalue weighted by molar-refractivity contribution is 0.540. The smallest absolute Gasteiger partial charge is 0.233 e. The molecular weight excluding hydrogens is 312 g/mol. The Labute approximate surface area is 147 Å². The predicted molar refractivity (Wildman–Crippen MR) is 100 cm³/mol. The zero-order valence-electron chi connectivity index (χ0n) is 14.5. The Morgan fingerprint density at radius 3 is 2.76 bits per heavy atom. The van der Waals surface area contributed by atoms with E-state index in [0.29, 0.717) is 24.4 Å². The Morgan fingerprint density at radius 2 is 1.96 bits per heavy atom. The number of fused-ring (bicyclic) bond motifs is 1. The number of hydrogen-bond acceptors (Lipinski definition) is 5. The highest BCUT2D eigenvalue weighted by molar-refractivity contribution is 5.94. The maximum absolute atomic E-state index is 9.33. The van der Waals surface area contributed by atoms with Crippen LogP contribution < -0.4 is 10.6 Å². The monoisotopic (exact) mass is 334 g/mol. The molecule has 0 fully saturated rings. The van der Waals surface area contributed by atoms with Gasteiger partial charge in [-0.05, 0) is 35.7 Å². The van der Waals surface area contributed by atoms with Gasteiger partial charge < -0.3 is 9.73 Å². The van der Waals surface area contributed by atoms with Crippen molar-refractivity contribution >= 4 is 16.7 Å². The molecule has 1 heterocycles. The van der Waals surface area contributed by atoms with E-state index in [9.17, 15) is 5.26 Å². The minimum atomic E-state index is 0.272. The van der Waals surface area contributed by atoms with Crippen molar-refractivity contribution in [1.29, 1.82) is 5.26 Å². The summed E-state index contributed by atoms with van der Waals surface area (Å²) in [6, 6.07) is 16.1. The largest absolute Gasteiger partial charge is 0.419 e. The van der Waals surface area contributed by atoms with Crippen LogP contribution in [0.5, 0.6) is 0 Å². The van der Waals surface area contributed by atoms with E-state index in [-0.39, 0.29) is 5.69 Å². The number of benzene rings is 2. The molecule has 0 aliphatic rings. The summed E-state index contributed by atoms with van der Waals surface area (Å²) in [5.74, 6) is 1.52. The quantitative estimate of drug-likeness (QED) is 0.496. The Morgan fingerprint density at radius 1 is 1.16 bits per heavy atom. The molecule has 0 saturated heterocycles. The molecule has 3 rings (SSSR count). The summed E-state index contributed by atoms with van der Waals surface area (Å²) in [6.07, 6.45) is 1.10. The molecule has 0 bridgehead atoms. The van der Waals surface area contributed by atoms with E-state index < -0.39 is 0 Å². The SMILES string of the molecule is CC(C)CCNCNc1oc(-c2cccc3ccccc23)nc1C#N. The molecule has 1 aromatic heterocycles. The fourth-order valence-electron chi connectivity index (χ4n) is 2.66. The van der Waals surface area contributed by atoms with Gasteiger partial charge >= 0.3 is 0 Å². The summed E-state index contributed by atoms with van der Waals surface area (Å²) in [7, 11) is 0. The van der Waals surface area contributed by atoms with Crippen molar-refractivity contribution in [2.45, 2.75) is 20.3 Å². The normalized spacial score (nSPS) is 11.0. The second-order valence-corrected chi connectivity index (χ2v) is 6.37. The third-order valence-corrected chi connectivity index (χ3v) is 4.03. The van der Waals surface area contributed by atoms with E-state index in [1.54, 1.807) is 0 Å². The third-order valence-electron chi connectivity index (χ3n) is 4.03. The number of rotatable bonds is 7. The molecule has 25 heavy (non-hydrogen) atoms. The van der Waals surface area contributed by atoms with Gasteiger partial charge in [-0.1, -0.05) is 50.2 Å². The summed E-state index contributed by atoms with van der Waals surface area (Å²) in [4.78, 5) is 4.36. The highest BCUT2D eigenvalue weighted by atomic mass is 16.4. The average molecular weight is 334 g/mol. The van der Waals surface area contributed by atoms with E-state index >= 15 is 0 Å². The van der Waals surface area contributed by atoms with Crippen LogP contribution in [0.15, 0.2) is 46.9 Å². The number of anilines is 1. The van der Waals surface area contributed by atoms with Crippen molar-refractivity contribution in [3.05, 3.63) is 48.2 Å². The molecule has 0 unspecified atom stereocenters. The predicted octanol–water partition coefficient (Wildman–Crippen LogP) is 4.37. The minimum Gasteiger partial charge on any atom is -0.419 e. The number of nitriles is 1. The van der Waals surface area contributed by atoms with Gasteiger partial charge in [0, 0.05) is 5.56 Å². The summed E-state index contributed by atoms with van der Waals surface area (Å²) >= 11 is 0. The lowest BCUT2D eigenvalue weighted by Gasteiger charge is -2.07. The lowest BCUT2D eigenvalue weighted by Crippen LogP contribution is -2.24. The molecule has 0 spiro atoms. The summed E-state index contributed by atoms with van der Waals surface area (Å²) in [6.45, 7) is 5.83. The first-order chi connectivity index (χ1) is 12.2. The van der Waals surface area contributed by atoms with E-state index in [2.05, 4.69) is 35.5 Å². The molecule has 0 radical (unpaired) electrons.